The van der Waals surface area contributed by atoms with E-state index in [0.717, 1.165) is 25.2 Å². The van der Waals surface area contributed by atoms with Crippen molar-refractivity contribution in [2.75, 3.05) is 27.3 Å². The summed E-state index contributed by atoms with van der Waals surface area (Å²) in [6, 6.07) is 16.9. The van der Waals surface area contributed by atoms with E-state index in [-0.39, 0.29) is 12.5 Å². The number of nitrogens with one attached hydrogen (secondary N) is 1. The van der Waals surface area contributed by atoms with Crippen molar-refractivity contribution in [1.29, 1.82) is 0 Å². The monoisotopic (exact) mass is 325 g/mol. The lowest BCUT2D eigenvalue weighted by molar-refractivity contribution is -0.0751. The van der Waals surface area contributed by atoms with E-state index in [9.17, 15) is 0 Å². The molecule has 0 amide bonds. The molecule has 0 bridgehead atoms. The van der Waals surface area contributed by atoms with Crippen LogP contribution in [-0.4, -0.2) is 44.7 Å². The maximum absolute atomic E-state index is 5.48. The molecule has 2 unspecified atom stereocenters. The van der Waals surface area contributed by atoms with Gasteiger partial charge in [0, 0.05) is 33.9 Å². The van der Waals surface area contributed by atoms with Gasteiger partial charge in [-0.3, -0.25) is 10.2 Å². The highest BCUT2D eigenvalue weighted by Crippen LogP contribution is 2.25. The Morgan fingerprint density at radius 2 is 1.62 bits per heavy atom. The van der Waals surface area contributed by atoms with Crippen LogP contribution in [0.15, 0.2) is 48.5 Å². The first kappa shape index (κ1) is 17.1. The predicted molar refractivity (Wildman–Crippen MR) is 96.3 cm³/mol. The van der Waals surface area contributed by atoms with Crippen LogP contribution >= 0.6 is 0 Å². The third-order valence-electron chi connectivity index (χ3n) is 4.47. The molecule has 3 rings (SSSR count). The first-order chi connectivity index (χ1) is 11.7. The Morgan fingerprint density at radius 3 is 2.25 bits per heavy atom. The van der Waals surface area contributed by atoms with Crippen LogP contribution in [-0.2, 0) is 16.0 Å². The smallest absolute Gasteiger partial charge is 0.122 e. The molecular weight excluding hydrogens is 300 g/mol. The third-order valence-corrected chi connectivity index (χ3v) is 4.47. The lowest BCUT2D eigenvalue weighted by Gasteiger charge is -2.37. The van der Waals surface area contributed by atoms with Crippen LogP contribution in [0.25, 0.3) is 11.1 Å². The summed E-state index contributed by atoms with van der Waals surface area (Å²) in [4.78, 5) is 2.37. The molecule has 0 spiro atoms. The Hall–Kier alpha value is -1.72. The zero-order valence-electron chi connectivity index (χ0n) is 14.4. The summed E-state index contributed by atoms with van der Waals surface area (Å²) >= 11 is 0. The molecule has 24 heavy (non-hydrogen) atoms. The number of rotatable bonds is 5. The molecule has 1 N–H and O–H groups in total. The molecule has 0 aromatic heterocycles. The topological polar surface area (TPSA) is 33.7 Å². The SMILES string of the molecule is [CH2]c1ccc(-c2ccccc2CN2CC(OC)NC(OC)C2)cc1. The van der Waals surface area contributed by atoms with Crippen LogP contribution < -0.4 is 5.32 Å². The number of nitrogens with zero attached hydrogens (tertiary/aromatic N) is 1. The van der Waals surface area contributed by atoms with Crippen LogP contribution in [0.4, 0.5) is 0 Å². The van der Waals surface area contributed by atoms with E-state index in [1.165, 1.54) is 16.7 Å². The molecule has 1 aliphatic rings. The fourth-order valence-electron chi connectivity index (χ4n) is 3.14. The van der Waals surface area contributed by atoms with Crippen molar-refractivity contribution in [2.24, 2.45) is 0 Å². The number of methoxy groups -OCH3 is 2. The van der Waals surface area contributed by atoms with Gasteiger partial charge in [-0.05, 0) is 29.2 Å². The molecule has 127 valence electrons. The van der Waals surface area contributed by atoms with Gasteiger partial charge in [-0.25, -0.2) is 0 Å². The second-order valence-electron chi connectivity index (χ2n) is 6.16. The molecule has 0 saturated carbocycles. The highest BCUT2D eigenvalue weighted by atomic mass is 16.5. The van der Waals surface area contributed by atoms with Crippen LogP contribution in [0, 0.1) is 6.92 Å². The van der Waals surface area contributed by atoms with E-state index in [1.54, 1.807) is 14.2 Å². The summed E-state index contributed by atoms with van der Waals surface area (Å²) in [7, 11) is 3.45. The third kappa shape index (κ3) is 4.02. The van der Waals surface area contributed by atoms with Crippen LogP contribution in [0.3, 0.4) is 0 Å². The van der Waals surface area contributed by atoms with Crippen molar-refractivity contribution in [3.05, 3.63) is 66.6 Å². The summed E-state index contributed by atoms with van der Waals surface area (Å²) in [6.45, 7) is 6.50. The van der Waals surface area contributed by atoms with E-state index >= 15 is 0 Å². The molecular formula is C20H25N2O2. The molecule has 1 aliphatic heterocycles. The summed E-state index contributed by atoms with van der Waals surface area (Å²) in [5.74, 6) is 0. The predicted octanol–water partition coefficient (Wildman–Crippen LogP) is 2.89. The Morgan fingerprint density at radius 1 is 1.00 bits per heavy atom. The van der Waals surface area contributed by atoms with E-state index in [0.29, 0.717) is 0 Å². The summed E-state index contributed by atoms with van der Waals surface area (Å²) in [5, 5.41) is 3.33. The lowest BCUT2D eigenvalue weighted by Crippen LogP contribution is -2.57. The van der Waals surface area contributed by atoms with Crippen molar-refractivity contribution in [1.82, 2.24) is 10.2 Å². The minimum atomic E-state index is -0.0127. The number of ether oxygens (including phenoxy) is 2. The van der Waals surface area contributed by atoms with Gasteiger partial charge in [-0.15, -0.1) is 0 Å². The van der Waals surface area contributed by atoms with E-state index in [1.807, 2.05) is 0 Å². The minimum absolute atomic E-state index is 0.0127. The van der Waals surface area contributed by atoms with E-state index in [4.69, 9.17) is 9.47 Å². The van der Waals surface area contributed by atoms with Gasteiger partial charge in [0.1, 0.15) is 12.5 Å². The molecule has 1 radical (unpaired) electrons. The second-order valence-corrected chi connectivity index (χ2v) is 6.16. The lowest BCUT2D eigenvalue weighted by atomic mass is 9.98. The number of hydrogen-bond acceptors (Lipinski definition) is 4. The normalized spacial score (nSPS) is 21.8. The molecule has 0 aliphatic carbocycles. The summed E-state index contributed by atoms with van der Waals surface area (Å²) in [6.07, 6.45) is -0.0253. The second kappa shape index (κ2) is 7.90. The van der Waals surface area contributed by atoms with Crippen molar-refractivity contribution in [3.8, 4) is 11.1 Å². The maximum Gasteiger partial charge on any atom is 0.122 e. The maximum atomic E-state index is 5.48. The van der Waals surface area contributed by atoms with Crippen LogP contribution in [0.2, 0.25) is 0 Å². The van der Waals surface area contributed by atoms with Gasteiger partial charge in [-0.1, -0.05) is 48.5 Å². The fourth-order valence-corrected chi connectivity index (χ4v) is 3.14. The zero-order chi connectivity index (χ0) is 16.9. The van der Waals surface area contributed by atoms with Crippen molar-refractivity contribution >= 4 is 0 Å². The highest BCUT2D eigenvalue weighted by Gasteiger charge is 2.26. The number of piperazine rings is 1. The number of hydrogen-bond donors (Lipinski definition) is 1. The van der Waals surface area contributed by atoms with Crippen molar-refractivity contribution < 1.29 is 9.47 Å². The Kier molecular flexibility index (Phi) is 5.63. The van der Waals surface area contributed by atoms with Crippen LogP contribution in [0.1, 0.15) is 11.1 Å². The summed E-state index contributed by atoms with van der Waals surface area (Å²) in [5.41, 5.74) is 4.82. The molecule has 1 fully saturated rings. The number of benzene rings is 2. The van der Waals surface area contributed by atoms with Gasteiger partial charge < -0.3 is 9.47 Å². The van der Waals surface area contributed by atoms with Gasteiger partial charge >= 0.3 is 0 Å². The Labute approximate surface area is 144 Å². The molecule has 1 saturated heterocycles. The molecule has 4 heteroatoms. The highest BCUT2D eigenvalue weighted by molar-refractivity contribution is 5.67. The minimum Gasteiger partial charge on any atom is -0.365 e. The first-order valence-electron chi connectivity index (χ1n) is 8.24. The molecule has 2 atom stereocenters. The van der Waals surface area contributed by atoms with Crippen molar-refractivity contribution in [3.63, 3.8) is 0 Å². The Balaban J connectivity index is 1.81. The average molecular weight is 325 g/mol. The molecule has 4 nitrogen and oxygen atoms in total. The van der Waals surface area contributed by atoms with Gasteiger partial charge in [0.15, 0.2) is 0 Å². The zero-order valence-corrected chi connectivity index (χ0v) is 14.4. The van der Waals surface area contributed by atoms with Gasteiger partial charge in [-0.2, -0.15) is 0 Å². The largest absolute Gasteiger partial charge is 0.365 e. The van der Waals surface area contributed by atoms with Crippen molar-refractivity contribution in [2.45, 2.75) is 19.0 Å². The first-order valence-corrected chi connectivity index (χ1v) is 8.24. The van der Waals surface area contributed by atoms with E-state index in [2.05, 4.69) is 65.7 Å². The average Bonchev–Trinajstić information content (AvgIpc) is 2.62. The summed E-state index contributed by atoms with van der Waals surface area (Å²) < 4.78 is 11.0. The van der Waals surface area contributed by atoms with Gasteiger partial charge in [0.25, 0.3) is 0 Å². The standard InChI is InChI=1S/C20H25N2O2/c1-15-8-10-16(11-9-15)18-7-5-4-6-17(18)12-22-13-19(23-2)21-20(14-22)24-3/h4-11,19-21H,1,12-14H2,2-3H3. The molecule has 2 aromatic carbocycles. The molecule has 2 aromatic rings. The van der Waals surface area contributed by atoms with E-state index < -0.39 is 0 Å². The van der Waals surface area contributed by atoms with Crippen LogP contribution in [0.5, 0.6) is 0 Å². The van der Waals surface area contributed by atoms with Gasteiger partial charge in [0.05, 0.1) is 0 Å². The van der Waals surface area contributed by atoms with Gasteiger partial charge in [0.2, 0.25) is 0 Å². The quantitative estimate of drug-likeness (QED) is 0.916. The fraction of sp³-hybridized carbons (Fsp3) is 0.350. The Bertz CT molecular complexity index is 645. The molecule has 1 heterocycles.